The Hall–Kier alpha value is -2.01. The fourth-order valence-electron chi connectivity index (χ4n) is 2.11. The van der Waals surface area contributed by atoms with Gasteiger partial charge in [-0.1, -0.05) is 32.9 Å². The van der Waals surface area contributed by atoms with Crippen molar-refractivity contribution in [3.05, 3.63) is 58.1 Å². The van der Waals surface area contributed by atoms with Gasteiger partial charge in [0.15, 0.2) is 0 Å². The molecule has 0 aliphatic carbocycles. The predicted octanol–water partition coefficient (Wildman–Crippen LogP) is 4.90. The first kappa shape index (κ1) is 18.3. The molecule has 0 bridgehead atoms. The lowest BCUT2D eigenvalue weighted by molar-refractivity contribution is 0.0696. The number of aromatic carboxylic acids is 1. The molecule has 0 saturated heterocycles. The summed E-state index contributed by atoms with van der Waals surface area (Å²) in [5.74, 6) is 0.297. The van der Waals surface area contributed by atoms with Crippen molar-refractivity contribution in [3.8, 4) is 11.5 Å². The van der Waals surface area contributed by atoms with Gasteiger partial charge in [-0.25, -0.2) is 4.79 Å². The highest BCUT2D eigenvalue weighted by Crippen LogP contribution is 2.31. The van der Waals surface area contributed by atoms with Gasteiger partial charge >= 0.3 is 5.97 Å². The number of hydrogen-bond donors (Lipinski definition) is 1. The van der Waals surface area contributed by atoms with Gasteiger partial charge in [-0.3, -0.25) is 0 Å². The molecule has 0 aliphatic rings. The number of benzene rings is 2. The first-order chi connectivity index (χ1) is 11.3. The number of halogens is 1. The quantitative estimate of drug-likeness (QED) is 0.710. The lowest BCUT2D eigenvalue weighted by Crippen LogP contribution is -2.12. The normalized spacial score (nSPS) is 11.2. The molecule has 0 atom stereocenters. The summed E-state index contributed by atoms with van der Waals surface area (Å²) in [7, 11) is 0. The highest BCUT2D eigenvalue weighted by Gasteiger charge is 2.15. The van der Waals surface area contributed by atoms with Gasteiger partial charge < -0.3 is 14.6 Å². The standard InChI is InChI=1S/C19H21BrO4/c1-19(2,3)14-7-8-17(16(20)12-14)24-10-9-23-15-6-4-5-13(11-15)18(21)22/h4-8,11-12H,9-10H2,1-3H3,(H,21,22). The summed E-state index contributed by atoms with van der Waals surface area (Å²) in [6, 6.07) is 12.5. The van der Waals surface area contributed by atoms with E-state index in [1.165, 1.54) is 17.7 Å². The largest absolute Gasteiger partial charge is 0.490 e. The second kappa shape index (κ2) is 7.71. The third kappa shape index (κ3) is 4.99. The predicted molar refractivity (Wildman–Crippen MR) is 97.2 cm³/mol. The zero-order chi connectivity index (χ0) is 17.7. The van der Waals surface area contributed by atoms with Crippen LogP contribution in [-0.2, 0) is 5.41 Å². The molecular weight excluding hydrogens is 372 g/mol. The van der Waals surface area contributed by atoms with Crippen molar-refractivity contribution in [3.63, 3.8) is 0 Å². The molecule has 0 amide bonds. The van der Waals surface area contributed by atoms with E-state index in [0.29, 0.717) is 19.0 Å². The molecule has 1 N–H and O–H groups in total. The molecule has 0 saturated carbocycles. The van der Waals surface area contributed by atoms with E-state index in [-0.39, 0.29) is 11.0 Å². The van der Waals surface area contributed by atoms with Crippen LogP contribution in [0, 0.1) is 0 Å². The maximum Gasteiger partial charge on any atom is 0.335 e. The van der Waals surface area contributed by atoms with Crippen LogP contribution in [0.15, 0.2) is 46.9 Å². The Morgan fingerprint density at radius 1 is 1.08 bits per heavy atom. The molecule has 2 rings (SSSR count). The summed E-state index contributed by atoms with van der Waals surface area (Å²) < 4.78 is 12.2. The zero-order valence-electron chi connectivity index (χ0n) is 14.0. The minimum atomic E-state index is -0.973. The molecule has 4 nitrogen and oxygen atoms in total. The van der Waals surface area contributed by atoms with Crippen LogP contribution >= 0.6 is 15.9 Å². The van der Waals surface area contributed by atoms with Gasteiger partial charge in [0, 0.05) is 0 Å². The average molecular weight is 393 g/mol. The van der Waals surface area contributed by atoms with E-state index in [1.807, 2.05) is 6.07 Å². The van der Waals surface area contributed by atoms with Crippen molar-refractivity contribution >= 4 is 21.9 Å². The summed E-state index contributed by atoms with van der Waals surface area (Å²) >= 11 is 3.53. The van der Waals surface area contributed by atoms with Crippen LogP contribution in [0.25, 0.3) is 0 Å². The van der Waals surface area contributed by atoms with Crippen LogP contribution in [0.2, 0.25) is 0 Å². The van der Waals surface area contributed by atoms with E-state index in [2.05, 4.69) is 48.8 Å². The Kier molecular flexibility index (Phi) is 5.89. The Morgan fingerprint density at radius 3 is 2.42 bits per heavy atom. The molecule has 24 heavy (non-hydrogen) atoms. The summed E-state index contributed by atoms with van der Waals surface area (Å²) in [6.07, 6.45) is 0. The van der Waals surface area contributed by atoms with Crippen molar-refractivity contribution in [2.75, 3.05) is 13.2 Å². The van der Waals surface area contributed by atoms with Crippen molar-refractivity contribution in [2.24, 2.45) is 0 Å². The van der Waals surface area contributed by atoms with Gasteiger partial charge in [-0.15, -0.1) is 0 Å². The number of ether oxygens (including phenoxy) is 2. The molecule has 0 fully saturated rings. The first-order valence-electron chi connectivity index (χ1n) is 7.66. The molecule has 128 valence electrons. The van der Waals surface area contributed by atoms with E-state index in [1.54, 1.807) is 12.1 Å². The van der Waals surface area contributed by atoms with Crippen LogP contribution in [0.3, 0.4) is 0 Å². The third-order valence-corrected chi connectivity index (χ3v) is 4.11. The van der Waals surface area contributed by atoms with Crippen molar-refractivity contribution in [2.45, 2.75) is 26.2 Å². The van der Waals surface area contributed by atoms with Gasteiger partial charge in [0.1, 0.15) is 24.7 Å². The second-order valence-electron chi connectivity index (χ2n) is 6.43. The Balaban J connectivity index is 1.89. The SMILES string of the molecule is CC(C)(C)c1ccc(OCCOc2cccc(C(=O)O)c2)c(Br)c1. The molecule has 0 aromatic heterocycles. The minimum Gasteiger partial charge on any atom is -0.490 e. The molecule has 0 aliphatic heterocycles. The maximum absolute atomic E-state index is 10.9. The molecule has 2 aromatic carbocycles. The summed E-state index contributed by atoms with van der Waals surface area (Å²) in [4.78, 5) is 10.9. The van der Waals surface area contributed by atoms with Gasteiger partial charge in [-0.2, -0.15) is 0 Å². The van der Waals surface area contributed by atoms with Crippen molar-refractivity contribution < 1.29 is 19.4 Å². The van der Waals surface area contributed by atoms with Gasteiger partial charge in [0.2, 0.25) is 0 Å². The van der Waals surface area contributed by atoms with Crippen LogP contribution < -0.4 is 9.47 Å². The summed E-state index contributed by atoms with van der Waals surface area (Å²) in [5.41, 5.74) is 1.51. The molecular formula is C19H21BrO4. The van der Waals surface area contributed by atoms with E-state index < -0.39 is 5.97 Å². The van der Waals surface area contributed by atoms with E-state index >= 15 is 0 Å². The van der Waals surface area contributed by atoms with Crippen molar-refractivity contribution in [1.82, 2.24) is 0 Å². The summed E-state index contributed by atoms with van der Waals surface area (Å²) in [6.45, 7) is 7.18. The molecule has 0 spiro atoms. The zero-order valence-corrected chi connectivity index (χ0v) is 15.6. The molecule has 0 unspecified atom stereocenters. The number of rotatable bonds is 6. The number of carbonyl (C=O) groups is 1. The Morgan fingerprint density at radius 2 is 1.79 bits per heavy atom. The van der Waals surface area contributed by atoms with Crippen LogP contribution in [-0.4, -0.2) is 24.3 Å². The second-order valence-corrected chi connectivity index (χ2v) is 7.28. The fraction of sp³-hybridized carbons (Fsp3) is 0.316. The number of hydrogen-bond acceptors (Lipinski definition) is 3. The Labute approximate surface area is 150 Å². The topological polar surface area (TPSA) is 55.8 Å². The van der Waals surface area contributed by atoms with E-state index in [9.17, 15) is 4.79 Å². The summed E-state index contributed by atoms with van der Waals surface area (Å²) in [5, 5.41) is 8.95. The lowest BCUT2D eigenvalue weighted by atomic mass is 9.87. The molecule has 0 radical (unpaired) electrons. The molecule has 2 aromatic rings. The van der Waals surface area contributed by atoms with Crippen LogP contribution in [0.5, 0.6) is 11.5 Å². The lowest BCUT2D eigenvalue weighted by Gasteiger charge is -2.20. The smallest absolute Gasteiger partial charge is 0.335 e. The van der Waals surface area contributed by atoms with Gasteiger partial charge in [-0.05, 0) is 57.2 Å². The van der Waals surface area contributed by atoms with Crippen molar-refractivity contribution in [1.29, 1.82) is 0 Å². The highest BCUT2D eigenvalue weighted by molar-refractivity contribution is 9.10. The monoisotopic (exact) mass is 392 g/mol. The highest BCUT2D eigenvalue weighted by atomic mass is 79.9. The number of carboxylic acids is 1. The molecule has 0 heterocycles. The van der Waals surface area contributed by atoms with E-state index in [0.717, 1.165) is 10.2 Å². The molecule has 5 heteroatoms. The number of carboxylic acid groups (broad SMARTS) is 1. The minimum absolute atomic E-state index is 0.0827. The van der Waals surface area contributed by atoms with Gasteiger partial charge in [0.05, 0.1) is 10.0 Å². The van der Waals surface area contributed by atoms with Gasteiger partial charge in [0.25, 0.3) is 0 Å². The fourth-order valence-corrected chi connectivity index (χ4v) is 2.61. The first-order valence-corrected chi connectivity index (χ1v) is 8.45. The average Bonchev–Trinajstić information content (AvgIpc) is 2.52. The van der Waals surface area contributed by atoms with Crippen LogP contribution in [0.4, 0.5) is 0 Å². The van der Waals surface area contributed by atoms with Crippen LogP contribution in [0.1, 0.15) is 36.7 Å². The van der Waals surface area contributed by atoms with E-state index in [4.69, 9.17) is 14.6 Å². The maximum atomic E-state index is 10.9. The Bertz CT molecular complexity index is 720. The third-order valence-electron chi connectivity index (χ3n) is 3.49.